The number of carboxylic acid groups (broad SMARTS) is 1. The number of alkyl halides is 1. The number of aromatic nitrogens is 1. The fourth-order valence-electron chi connectivity index (χ4n) is 5.16. The molecule has 0 bridgehead atoms. The molecule has 3 aromatic rings. The molecule has 0 saturated carbocycles. The number of nitrogens with zero attached hydrogens (tertiary/aromatic N) is 2. The average molecular weight is 518 g/mol. The monoisotopic (exact) mass is 517 g/mol. The first-order valence-electron chi connectivity index (χ1n) is 12.7. The summed E-state index contributed by atoms with van der Waals surface area (Å²) in [5.74, 6) is -3.30. The molecule has 2 N–H and O–H groups in total. The van der Waals surface area contributed by atoms with Gasteiger partial charge in [-0.3, -0.25) is 14.1 Å². The van der Waals surface area contributed by atoms with Gasteiger partial charge in [-0.2, -0.15) is 0 Å². The average Bonchev–Trinajstić information content (AvgIpc) is 3.23. The van der Waals surface area contributed by atoms with E-state index in [-0.39, 0.29) is 30.5 Å². The second-order valence-corrected chi connectivity index (χ2v) is 9.92. The lowest BCUT2D eigenvalue weighted by molar-refractivity contribution is -0.142. The van der Waals surface area contributed by atoms with Crippen molar-refractivity contribution in [1.82, 2.24) is 14.8 Å². The van der Waals surface area contributed by atoms with E-state index in [2.05, 4.69) is 4.98 Å². The molecule has 37 heavy (non-hydrogen) atoms. The van der Waals surface area contributed by atoms with Crippen molar-refractivity contribution >= 4 is 16.9 Å². The number of carboxylic acids is 1. The molecule has 2 unspecified atom stereocenters. The Morgan fingerprint density at radius 3 is 2.73 bits per heavy atom. The van der Waals surface area contributed by atoms with Gasteiger partial charge in [-0.25, -0.2) is 8.78 Å². The molecule has 2 heterocycles. The summed E-state index contributed by atoms with van der Waals surface area (Å²) in [7, 11) is 1.83. The number of hydrogen-bond acceptors (Lipinski definition) is 4. The van der Waals surface area contributed by atoms with Gasteiger partial charge in [0.1, 0.15) is 12.4 Å². The van der Waals surface area contributed by atoms with E-state index >= 15 is 8.78 Å². The van der Waals surface area contributed by atoms with Gasteiger partial charge in [0, 0.05) is 42.3 Å². The third kappa shape index (κ3) is 5.62. The Morgan fingerprint density at radius 2 is 2.00 bits per heavy atom. The quantitative estimate of drug-likeness (QED) is 0.367. The molecule has 6 nitrogen and oxygen atoms in total. The zero-order valence-electron chi connectivity index (χ0n) is 21.4. The number of aliphatic carboxylic acids is 1. The Morgan fingerprint density at radius 1 is 1.24 bits per heavy atom. The highest BCUT2D eigenvalue weighted by Crippen LogP contribution is 2.43. The predicted molar refractivity (Wildman–Crippen MR) is 137 cm³/mol. The number of para-hydroxylation sites is 1. The van der Waals surface area contributed by atoms with E-state index in [1.54, 1.807) is 6.92 Å². The Labute approximate surface area is 215 Å². The standard InChI is InChI=1S/C28H34F3N3O3/c1-17(28(35)36)16-34-18(2)15-20-19-7-4-5-8-22(19)32-26(20)27(34)24-21(30)9-10-23(25(24)31)37-14-13-33(3)12-6-11-29/h4-5,7-10,17-18,27,32H,6,11-16H2,1-3H3,(H,35,36)/t17?,18-,27?/m1/s1. The van der Waals surface area contributed by atoms with E-state index in [0.29, 0.717) is 31.6 Å². The summed E-state index contributed by atoms with van der Waals surface area (Å²) in [5, 5.41) is 10.6. The summed E-state index contributed by atoms with van der Waals surface area (Å²) < 4.78 is 49.6. The lowest BCUT2D eigenvalue weighted by Gasteiger charge is -2.42. The Bertz CT molecular complexity index is 1250. The van der Waals surface area contributed by atoms with Crippen LogP contribution in [0.3, 0.4) is 0 Å². The molecule has 1 aromatic heterocycles. The van der Waals surface area contributed by atoms with Crippen LogP contribution in [-0.4, -0.2) is 71.9 Å². The number of H-pyrrole nitrogens is 1. The van der Waals surface area contributed by atoms with E-state index in [9.17, 15) is 14.3 Å². The zero-order chi connectivity index (χ0) is 26.7. The summed E-state index contributed by atoms with van der Waals surface area (Å²) in [4.78, 5) is 18.8. The van der Waals surface area contributed by atoms with Crippen molar-refractivity contribution < 1.29 is 27.8 Å². The van der Waals surface area contributed by atoms with Gasteiger partial charge in [0.05, 0.1) is 24.2 Å². The van der Waals surface area contributed by atoms with Crippen LogP contribution >= 0.6 is 0 Å². The molecule has 0 fully saturated rings. The molecule has 0 radical (unpaired) electrons. The van der Waals surface area contributed by atoms with Gasteiger partial charge in [-0.15, -0.1) is 0 Å². The Balaban J connectivity index is 1.74. The number of rotatable bonds is 11. The molecular weight excluding hydrogens is 483 g/mol. The number of likely N-dealkylation sites (N-methyl/N-ethyl adjacent to an activating group) is 1. The first-order chi connectivity index (χ1) is 17.7. The Hall–Kier alpha value is -3.04. The zero-order valence-corrected chi connectivity index (χ0v) is 21.4. The molecule has 1 aliphatic heterocycles. The van der Waals surface area contributed by atoms with Crippen LogP contribution < -0.4 is 4.74 Å². The fourth-order valence-corrected chi connectivity index (χ4v) is 5.16. The maximum atomic E-state index is 16.0. The fraction of sp³-hybridized carbons (Fsp3) is 0.464. The maximum Gasteiger partial charge on any atom is 0.307 e. The summed E-state index contributed by atoms with van der Waals surface area (Å²) >= 11 is 0. The highest BCUT2D eigenvalue weighted by molar-refractivity contribution is 5.85. The van der Waals surface area contributed by atoms with E-state index in [0.717, 1.165) is 16.5 Å². The lowest BCUT2D eigenvalue weighted by atomic mass is 9.87. The van der Waals surface area contributed by atoms with Gasteiger partial charge >= 0.3 is 5.97 Å². The van der Waals surface area contributed by atoms with Gasteiger partial charge in [0.25, 0.3) is 0 Å². The van der Waals surface area contributed by atoms with Gasteiger partial charge in [0.15, 0.2) is 11.6 Å². The number of carbonyl (C=O) groups is 1. The topological polar surface area (TPSA) is 68.8 Å². The first kappa shape index (κ1) is 27.0. The van der Waals surface area contributed by atoms with Gasteiger partial charge in [-0.05, 0) is 50.6 Å². The van der Waals surface area contributed by atoms with Crippen molar-refractivity contribution in [3.8, 4) is 5.75 Å². The largest absolute Gasteiger partial charge is 0.489 e. The van der Waals surface area contributed by atoms with E-state index < -0.39 is 36.2 Å². The summed E-state index contributed by atoms with van der Waals surface area (Å²) in [6, 6.07) is 9.18. The number of nitrogens with one attached hydrogen (secondary N) is 1. The Kier molecular flexibility index (Phi) is 8.44. The summed E-state index contributed by atoms with van der Waals surface area (Å²) in [5.41, 5.74) is 2.34. The van der Waals surface area contributed by atoms with Crippen molar-refractivity contribution in [2.24, 2.45) is 5.92 Å². The van der Waals surface area contributed by atoms with Crippen LogP contribution in [0.25, 0.3) is 10.9 Å². The highest BCUT2D eigenvalue weighted by atomic mass is 19.1. The number of aromatic amines is 1. The van der Waals surface area contributed by atoms with Gasteiger partial charge in [0.2, 0.25) is 0 Å². The third-order valence-corrected chi connectivity index (χ3v) is 7.19. The molecule has 1 aliphatic rings. The minimum Gasteiger partial charge on any atom is -0.489 e. The van der Waals surface area contributed by atoms with Crippen LogP contribution in [0.4, 0.5) is 13.2 Å². The third-order valence-electron chi connectivity index (χ3n) is 7.19. The van der Waals surface area contributed by atoms with Crippen LogP contribution in [0.5, 0.6) is 5.75 Å². The predicted octanol–water partition coefficient (Wildman–Crippen LogP) is 5.17. The summed E-state index contributed by atoms with van der Waals surface area (Å²) in [6.45, 7) is 4.43. The molecule has 2 aromatic carbocycles. The molecule has 0 amide bonds. The van der Waals surface area contributed by atoms with Crippen LogP contribution in [0.1, 0.15) is 43.1 Å². The van der Waals surface area contributed by atoms with E-state index in [1.807, 2.05) is 48.0 Å². The van der Waals surface area contributed by atoms with E-state index in [1.165, 1.54) is 12.1 Å². The van der Waals surface area contributed by atoms with Crippen LogP contribution in [0.15, 0.2) is 36.4 Å². The second-order valence-electron chi connectivity index (χ2n) is 9.92. The normalized spacial score (nSPS) is 18.8. The van der Waals surface area contributed by atoms with Crippen molar-refractivity contribution in [1.29, 1.82) is 0 Å². The van der Waals surface area contributed by atoms with Crippen molar-refractivity contribution in [3.05, 3.63) is 64.9 Å². The number of halogens is 3. The minimum absolute atomic E-state index is 0.0718. The number of benzene rings is 2. The number of hydrogen-bond donors (Lipinski definition) is 2. The van der Waals surface area contributed by atoms with Crippen molar-refractivity contribution in [2.45, 2.75) is 38.8 Å². The minimum atomic E-state index is -0.969. The molecule has 0 spiro atoms. The molecular formula is C28H34F3N3O3. The van der Waals surface area contributed by atoms with Crippen molar-refractivity contribution in [3.63, 3.8) is 0 Å². The van der Waals surface area contributed by atoms with Crippen LogP contribution in [-0.2, 0) is 11.2 Å². The molecule has 0 saturated heterocycles. The van der Waals surface area contributed by atoms with E-state index in [4.69, 9.17) is 4.74 Å². The smallest absolute Gasteiger partial charge is 0.307 e. The van der Waals surface area contributed by atoms with Crippen LogP contribution in [0, 0.1) is 17.6 Å². The van der Waals surface area contributed by atoms with Crippen molar-refractivity contribution in [2.75, 3.05) is 40.0 Å². The summed E-state index contributed by atoms with van der Waals surface area (Å²) in [6.07, 6.45) is 1.02. The molecule has 200 valence electrons. The molecule has 3 atom stereocenters. The highest BCUT2D eigenvalue weighted by Gasteiger charge is 2.40. The van der Waals surface area contributed by atoms with Gasteiger partial charge < -0.3 is 19.7 Å². The number of ether oxygens (including phenoxy) is 1. The molecule has 0 aliphatic carbocycles. The number of fused-ring (bicyclic) bond motifs is 3. The van der Waals surface area contributed by atoms with Gasteiger partial charge in [-0.1, -0.05) is 25.1 Å². The molecule has 4 rings (SSSR count). The lowest BCUT2D eigenvalue weighted by Crippen LogP contribution is -2.46. The maximum absolute atomic E-state index is 16.0. The molecule has 9 heteroatoms. The first-order valence-corrected chi connectivity index (χ1v) is 12.7. The SMILES string of the molecule is CC(CN1C(c2c(F)ccc(OCCN(C)CCCF)c2F)c2[nH]c3ccccc3c2C[C@H]1C)C(=O)O. The van der Waals surface area contributed by atoms with Crippen LogP contribution in [0.2, 0.25) is 0 Å². The second kappa shape index (κ2) is 11.6.